The van der Waals surface area contributed by atoms with Crippen LogP contribution in [0.5, 0.6) is 5.75 Å². The molecule has 2 aromatic carbocycles. The fourth-order valence-electron chi connectivity index (χ4n) is 2.46. The van der Waals surface area contributed by atoms with Crippen molar-refractivity contribution in [3.05, 3.63) is 76.2 Å². The maximum Gasteiger partial charge on any atom is 0.142 e. The Morgan fingerprint density at radius 2 is 1.91 bits per heavy atom. The van der Waals surface area contributed by atoms with Crippen LogP contribution in [0.2, 0.25) is 0 Å². The molecule has 118 valence electrons. The molecule has 1 aromatic heterocycles. The lowest BCUT2D eigenvalue weighted by molar-refractivity contribution is 0.312. The van der Waals surface area contributed by atoms with Crippen molar-refractivity contribution in [3.63, 3.8) is 0 Å². The Hall–Kier alpha value is -2.33. The van der Waals surface area contributed by atoms with E-state index in [9.17, 15) is 0 Å². The number of hydrogen-bond donors (Lipinski definition) is 1. The lowest BCUT2D eigenvalue weighted by Gasteiger charge is -2.10. The molecule has 3 rings (SSSR count). The summed E-state index contributed by atoms with van der Waals surface area (Å²) in [4.78, 5) is 4.30. The van der Waals surface area contributed by atoms with Gasteiger partial charge in [-0.2, -0.15) is 0 Å². The Kier molecular flexibility index (Phi) is 5.27. The summed E-state index contributed by atoms with van der Waals surface area (Å²) < 4.78 is 5.81. The quantitative estimate of drug-likeness (QED) is 0.520. The fraction of sp³-hybridized carbons (Fsp3) is 0.211. The Bertz CT molecular complexity index is 726. The van der Waals surface area contributed by atoms with Gasteiger partial charge in [0.25, 0.3) is 0 Å². The molecule has 2 N–H and O–H groups in total. The van der Waals surface area contributed by atoms with Crippen molar-refractivity contribution in [2.45, 2.75) is 19.3 Å². The Balaban J connectivity index is 1.50. The summed E-state index contributed by atoms with van der Waals surface area (Å²) in [6.07, 6.45) is 4.64. The lowest BCUT2D eigenvalue weighted by Crippen LogP contribution is -2.02. The number of nitrogens with two attached hydrogens (primary N) is 1. The van der Waals surface area contributed by atoms with Gasteiger partial charge in [0.05, 0.1) is 17.3 Å². The van der Waals surface area contributed by atoms with Crippen LogP contribution in [0.4, 0.5) is 5.69 Å². The van der Waals surface area contributed by atoms with Crippen molar-refractivity contribution in [1.82, 2.24) is 4.98 Å². The lowest BCUT2D eigenvalue weighted by atomic mass is 10.1. The summed E-state index contributed by atoms with van der Waals surface area (Å²) in [6, 6.07) is 16.4. The van der Waals surface area contributed by atoms with Crippen molar-refractivity contribution in [1.29, 1.82) is 0 Å². The molecule has 0 spiro atoms. The summed E-state index contributed by atoms with van der Waals surface area (Å²) in [5, 5.41) is 3.09. The highest BCUT2D eigenvalue weighted by Crippen LogP contribution is 2.24. The Morgan fingerprint density at radius 1 is 1.04 bits per heavy atom. The molecule has 23 heavy (non-hydrogen) atoms. The molecule has 3 aromatic rings. The smallest absolute Gasteiger partial charge is 0.142 e. The van der Waals surface area contributed by atoms with Crippen molar-refractivity contribution in [3.8, 4) is 5.75 Å². The first-order chi connectivity index (χ1) is 11.3. The number of nitrogens with zero attached hydrogens (tertiary/aromatic N) is 1. The van der Waals surface area contributed by atoms with Crippen molar-refractivity contribution >= 4 is 17.0 Å². The van der Waals surface area contributed by atoms with Gasteiger partial charge in [-0.25, -0.2) is 4.98 Å². The Labute approximate surface area is 140 Å². The summed E-state index contributed by atoms with van der Waals surface area (Å²) >= 11 is 1.66. The molecular weight excluding hydrogens is 304 g/mol. The first-order valence-electron chi connectivity index (χ1n) is 7.75. The van der Waals surface area contributed by atoms with E-state index in [1.165, 1.54) is 5.56 Å². The minimum Gasteiger partial charge on any atom is -0.491 e. The van der Waals surface area contributed by atoms with E-state index < -0.39 is 0 Å². The van der Waals surface area contributed by atoms with E-state index in [1.807, 2.05) is 29.8 Å². The van der Waals surface area contributed by atoms with E-state index in [1.54, 1.807) is 11.3 Å². The number of aromatic nitrogens is 1. The number of benzene rings is 2. The summed E-state index contributed by atoms with van der Waals surface area (Å²) in [5.74, 6) is 0.765. The summed E-state index contributed by atoms with van der Waals surface area (Å²) in [6.45, 7) is 0.672. The third-order valence-electron chi connectivity index (χ3n) is 3.62. The van der Waals surface area contributed by atoms with Crippen LogP contribution >= 0.6 is 11.3 Å². The van der Waals surface area contributed by atoms with Crippen LogP contribution in [-0.4, -0.2) is 11.6 Å². The van der Waals surface area contributed by atoms with Crippen LogP contribution in [0.15, 0.2) is 60.1 Å². The number of rotatable bonds is 7. The minimum atomic E-state index is 0.672. The maximum absolute atomic E-state index is 6.10. The summed E-state index contributed by atoms with van der Waals surface area (Å²) in [7, 11) is 0. The van der Waals surface area contributed by atoms with Crippen molar-refractivity contribution in [2.75, 3.05) is 12.3 Å². The monoisotopic (exact) mass is 324 g/mol. The second kappa shape index (κ2) is 7.79. The molecule has 0 aliphatic heterocycles. The second-order valence-corrected chi connectivity index (χ2v) is 6.39. The SMILES string of the molecule is Nc1cc(Cc2nccs2)ccc1OCCCc1ccccc1. The van der Waals surface area contributed by atoms with Gasteiger partial charge in [0, 0.05) is 18.0 Å². The number of thiazole rings is 1. The maximum atomic E-state index is 6.10. The van der Waals surface area contributed by atoms with Crippen LogP contribution in [0.25, 0.3) is 0 Å². The molecule has 0 saturated heterocycles. The number of aryl methyl sites for hydroxylation is 1. The average molecular weight is 324 g/mol. The third kappa shape index (κ3) is 4.57. The minimum absolute atomic E-state index is 0.672. The largest absolute Gasteiger partial charge is 0.491 e. The van der Waals surface area contributed by atoms with Gasteiger partial charge < -0.3 is 10.5 Å². The van der Waals surface area contributed by atoms with Crippen LogP contribution in [0.1, 0.15) is 22.6 Å². The second-order valence-electron chi connectivity index (χ2n) is 5.41. The van der Waals surface area contributed by atoms with E-state index in [-0.39, 0.29) is 0 Å². The number of nitrogen functional groups attached to an aromatic ring is 1. The van der Waals surface area contributed by atoms with Crippen molar-refractivity contribution < 1.29 is 4.74 Å². The zero-order valence-corrected chi connectivity index (χ0v) is 13.8. The van der Waals surface area contributed by atoms with Gasteiger partial charge in [-0.05, 0) is 36.1 Å². The van der Waals surface area contributed by atoms with Gasteiger partial charge in [0.2, 0.25) is 0 Å². The molecule has 0 aliphatic carbocycles. The highest BCUT2D eigenvalue weighted by molar-refractivity contribution is 7.09. The molecule has 0 atom stereocenters. The molecule has 0 aliphatic rings. The molecule has 0 saturated carbocycles. The normalized spacial score (nSPS) is 10.6. The summed E-state index contributed by atoms with van der Waals surface area (Å²) in [5.41, 5.74) is 9.29. The number of hydrogen-bond acceptors (Lipinski definition) is 4. The molecule has 4 heteroatoms. The predicted molar refractivity (Wildman–Crippen MR) is 96.0 cm³/mol. The molecule has 3 nitrogen and oxygen atoms in total. The highest BCUT2D eigenvalue weighted by Gasteiger charge is 2.04. The standard InChI is InChI=1S/C19H20N2OS/c20-17-13-16(14-19-21-10-12-23-19)8-9-18(17)22-11-4-7-15-5-2-1-3-6-15/h1-3,5-6,8-10,12-13H,4,7,11,14,20H2. The third-order valence-corrected chi connectivity index (χ3v) is 4.40. The van der Waals surface area contributed by atoms with Crippen LogP contribution in [0.3, 0.4) is 0 Å². The van der Waals surface area contributed by atoms with Crippen LogP contribution in [-0.2, 0) is 12.8 Å². The molecule has 0 bridgehead atoms. The van der Waals surface area contributed by atoms with E-state index in [0.717, 1.165) is 35.6 Å². The molecule has 0 radical (unpaired) electrons. The highest BCUT2D eigenvalue weighted by atomic mass is 32.1. The molecular formula is C19H20N2OS. The Morgan fingerprint density at radius 3 is 2.65 bits per heavy atom. The van der Waals surface area contributed by atoms with E-state index in [4.69, 9.17) is 10.5 Å². The van der Waals surface area contributed by atoms with Gasteiger partial charge in [-0.1, -0.05) is 36.4 Å². The van der Waals surface area contributed by atoms with E-state index in [0.29, 0.717) is 12.3 Å². The number of anilines is 1. The molecule has 1 heterocycles. The average Bonchev–Trinajstić information content (AvgIpc) is 3.07. The van der Waals surface area contributed by atoms with Gasteiger partial charge in [0.1, 0.15) is 5.75 Å². The van der Waals surface area contributed by atoms with Gasteiger partial charge >= 0.3 is 0 Å². The van der Waals surface area contributed by atoms with Gasteiger partial charge in [-0.3, -0.25) is 0 Å². The molecule has 0 amide bonds. The molecule has 0 fully saturated rings. The first-order valence-corrected chi connectivity index (χ1v) is 8.63. The first kappa shape index (κ1) is 15.6. The van der Waals surface area contributed by atoms with Crippen LogP contribution in [0, 0.1) is 0 Å². The van der Waals surface area contributed by atoms with E-state index in [2.05, 4.69) is 35.3 Å². The zero-order valence-electron chi connectivity index (χ0n) is 12.9. The van der Waals surface area contributed by atoms with Crippen molar-refractivity contribution in [2.24, 2.45) is 0 Å². The molecule has 0 unspecified atom stereocenters. The van der Waals surface area contributed by atoms with E-state index >= 15 is 0 Å². The van der Waals surface area contributed by atoms with Gasteiger partial charge in [-0.15, -0.1) is 11.3 Å². The predicted octanol–water partition coefficient (Wildman–Crippen LogP) is 4.33. The topological polar surface area (TPSA) is 48.1 Å². The van der Waals surface area contributed by atoms with Crippen LogP contribution < -0.4 is 10.5 Å². The number of ether oxygens (including phenoxy) is 1. The fourth-order valence-corrected chi connectivity index (χ4v) is 3.11. The van der Waals surface area contributed by atoms with Gasteiger partial charge in [0.15, 0.2) is 0 Å². The zero-order chi connectivity index (χ0) is 15.9.